The smallest absolute Gasteiger partial charge is 0.357 e. The van der Waals surface area contributed by atoms with E-state index in [0.29, 0.717) is 12.3 Å². The Morgan fingerprint density at radius 1 is 1.91 bits per heavy atom. The minimum Gasteiger partial charge on any atom is -0.461 e. The van der Waals surface area contributed by atoms with Crippen molar-refractivity contribution in [3.05, 3.63) is 14.1 Å². The second-order valence-corrected chi connectivity index (χ2v) is 4.32. The summed E-state index contributed by atoms with van der Waals surface area (Å²) < 4.78 is 5.60. The van der Waals surface area contributed by atoms with Crippen LogP contribution in [0.3, 0.4) is 0 Å². The Morgan fingerprint density at radius 2 is 2.64 bits per heavy atom. The lowest BCUT2D eigenvalue weighted by molar-refractivity contribution is 0.0520. The third-order valence-electron chi connectivity index (χ3n) is 0.961. The van der Waals surface area contributed by atoms with E-state index in [-0.39, 0.29) is 5.97 Å². The number of thiazole rings is 1. The van der Waals surface area contributed by atoms with Crippen LogP contribution in [0.1, 0.15) is 17.4 Å². The summed E-state index contributed by atoms with van der Waals surface area (Å²) in [4.78, 5) is 14.9. The van der Waals surface area contributed by atoms with Gasteiger partial charge in [0, 0.05) is 5.38 Å². The Bertz CT molecular complexity index is 261. The van der Waals surface area contributed by atoms with Gasteiger partial charge in [0.05, 0.1) is 6.61 Å². The fourth-order valence-corrected chi connectivity index (χ4v) is 1.70. The Labute approximate surface area is 81.9 Å². The molecule has 60 valence electrons. The first-order valence-electron chi connectivity index (χ1n) is 3.02. The van der Waals surface area contributed by atoms with Gasteiger partial charge in [-0.15, -0.1) is 11.3 Å². The molecule has 0 aliphatic carbocycles. The summed E-state index contributed by atoms with van der Waals surface area (Å²) in [5.74, 6) is -0.341. The number of halogens is 1. The van der Waals surface area contributed by atoms with Gasteiger partial charge in [0.1, 0.15) is 0 Å². The summed E-state index contributed by atoms with van der Waals surface area (Å²) in [6.45, 7) is 2.17. The molecule has 3 nitrogen and oxygen atoms in total. The number of aromatic nitrogens is 1. The number of carbonyl (C=O) groups is 1. The van der Waals surface area contributed by atoms with Crippen molar-refractivity contribution in [2.24, 2.45) is 0 Å². The van der Waals surface area contributed by atoms with Crippen molar-refractivity contribution in [1.82, 2.24) is 4.98 Å². The zero-order chi connectivity index (χ0) is 8.27. The predicted molar refractivity (Wildman–Crippen MR) is 50.8 cm³/mol. The Morgan fingerprint density at radius 3 is 3.09 bits per heavy atom. The maximum Gasteiger partial charge on any atom is 0.357 e. The second kappa shape index (κ2) is 4.01. The molecular weight excluding hydrogens is 277 g/mol. The zero-order valence-corrected chi connectivity index (χ0v) is 8.81. The van der Waals surface area contributed by atoms with Crippen LogP contribution in [0.15, 0.2) is 5.38 Å². The molecule has 5 heteroatoms. The number of hydrogen-bond acceptors (Lipinski definition) is 4. The highest BCUT2D eigenvalue weighted by Gasteiger charge is 2.09. The Kier molecular flexibility index (Phi) is 3.25. The monoisotopic (exact) mass is 283 g/mol. The number of esters is 1. The van der Waals surface area contributed by atoms with E-state index in [9.17, 15) is 4.79 Å². The van der Waals surface area contributed by atoms with E-state index in [1.54, 1.807) is 12.3 Å². The number of rotatable bonds is 2. The van der Waals surface area contributed by atoms with Gasteiger partial charge in [-0.25, -0.2) is 9.78 Å². The lowest BCUT2D eigenvalue weighted by Crippen LogP contribution is -2.04. The van der Waals surface area contributed by atoms with Crippen LogP contribution in [0.2, 0.25) is 0 Å². The quantitative estimate of drug-likeness (QED) is 0.615. The highest BCUT2D eigenvalue weighted by Crippen LogP contribution is 2.12. The van der Waals surface area contributed by atoms with Crippen LogP contribution in [0.4, 0.5) is 0 Å². The molecule has 0 atom stereocenters. The van der Waals surface area contributed by atoms with E-state index < -0.39 is 0 Å². The summed E-state index contributed by atoms with van der Waals surface area (Å²) in [7, 11) is 0. The highest BCUT2D eigenvalue weighted by molar-refractivity contribution is 14.1. The zero-order valence-electron chi connectivity index (χ0n) is 5.83. The Balaban J connectivity index is 2.69. The van der Waals surface area contributed by atoms with Gasteiger partial charge in [-0.05, 0) is 29.5 Å². The van der Waals surface area contributed by atoms with Crippen molar-refractivity contribution in [3.63, 3.8) is 0 Å². The van der Waals surface area contributed by atoms with E-state index in [2.05, 4.69) is 27.6 Å². The Hall–Kier alpha value is -0.170. The lowest BCUT2D eigenvalue weighted by atomic mass is 10.5. The van der Waals surface area contributed by atoms with Gasteiger partial charge in [-0.2, -0.15) is 0 Å². The summed E-state index contributed by atoms with van der Waals surface area (Å²) in [6.07, 6.45) is 0. The third kappa shape index (κ3) is 2.41. The lowest BCUT2D eigenvalue weighted by Gasteiger charge is -1.95. The minimum absolute atomic E-state index is 0.341. The van der Waals surface area contributed by atoms with Crippen molar-refractivity contribution in [2.45, 2.75) is 6.92 Å². The maximum absolute atomic E-state index is 11.0. The van der Waals surface area contributed by atoms with Crippen LogP contribution in [-0.4, -0.2) is 17.6 Å². The molecule has 0 aliphatic rings. The van der Waals surface area contributed by atoms with Gasteiger partial charge in [0.15, 0.2) is 8.71 Å². The molecule has 0 fully saturated rings. The van der Waals surface area contributed by atoms with Crippen LogP contribution < -0.4 is 0 Å². The number of ether oxygens (including phenoxy) is 1. The summed E-state index contributed by atoms with van der Waals surface area (Å²) >= 11 is 3.50. The molecule has 0 unspecified atom stereocenters. The van der Waals surface area contributed by atoms with E-state index in [1.807, 2.05) is 0 Å². The molecule has 0 bridgehead atoms. The summed E-state index contributed by atoms with van der Waals surface area (Å²) in [5.41, 5.74) is 0.404. The fraction of sp³-hybridized carbons (Fsp3) is 0.333. The molecule has 0 saturated heterocycles. The predicted octanol–water partition coefficient (Wildman–Crippen LogP) is 1.92. The average Bonchev–Trinajstić information content (AvgIpc) is 2.36. The van der Waals surface area contributed by atoms with Crippen LogP contribution in [0.5, 0.6) is 0 Å². The first kappa shape index (κ1) is 8.92. The molecule has 1 aromatic heterocycles. The summed E-state index contributed by atoms with van der Waals surface area (Å²) in [6, 6.07) is 0. The molecule has 1 rings (SSSR count). The fourth-order valence-electron chi connectivity index (χ4n) is 0.551. The molecule has 0 amide bonds. The second-order valence-electron chi connectivity index (χ2n) is 1.71. The van der Waals surface area contributed by atoms with Crippen molar-refractivity contribution < 1.29 is 9.53 Å². The summed E-state index contributed by atoms with van der Waals surface area (Å²) in [5, 5.41) is 1.69. The van der Waals surface area contributed by atoms with Crippen LogP contribution in [0, 0.1) is 3.01 Å². The molecule has 0 radical (unpaired) electrons. The van der Waals surface area contributed by atoms with Gasteiger partial charge in [-0.3, -0.25) is 0 Å². The van der Waals surface area contributed by atoms with Gasteiger partial charge >= 0.3 is 5.97 Å². The molecule has 11 heavy (non-hydrogen) atoms. The normalized spacial score (nSPS) is 9.64. The highest BCUT2D eigenvalue weighted by atomic mass is 127. The van der Waals surface area contributed by atoms with Crippen LogP contribution in [0.25, 0.3) is 0 Å². The molecule has 0 N–H and O–H groups in total. The van der Waals surface area contributed by atoms with Crippen LogP contribution >= 0.6 is 33.9 Å². The largest absolute Gasteiger partial charge is 0.461 e. The molecule has 1 aromatic rings. The number of hydrogen-bond donors (Lipinski definition) is 0. The van der Waals surface area contributed by atoms with Gasteiger partial charge in [-0.1, -0.05) is 0 Å². The third-order valence-corrected chi connectivity index (χ3v) is 2.59. The van der Waals surface area contributed by atoms with Crippen molar-refractivity contribution in [2.75, 3.05) is 6.61 Å². The van der Waals surface area contributed by atoms with Crippen molar-refractivity contribution >= 4 is 39.9 Å². The SMILES string of the molecule is CCOC(=O)c1csc(I)n1. The van der Waals surface area contributed by atoms with Crippen molar-refractivity contribution in [1.29, 1.82) is 0 Å². The molecule has 0 saturated carbocycles. The van der Waals surface area contributed by atoms with Gasteiger partial charge in [0.2, 0.25) is 0 Å². The number of nitrogens with zero attached hydrogens (tertiary/aromatic N) is 1. The first-order chi connectivity index (χ1) is 5.24. The molecule has 0 spiro atoms. The molecule has 1 heterocycles. The maximum atomic E-state index is 11.0. The minimum atomic E-state index is -0.341. The van der Waals surface area contributed by atoms with Crippen LogP contribution in [-0.2, 0) is 4.74 Å². The number of carbonyl (C=O) groups excluding carboxylic acids is 1. The molecule has 0 aliphatic heterocycles. The van der Waals surface area contributed by atoms with E-state index in [1.165, 1.54) is 11.3 Å². The molecular formula is C6H6INO2S. The standard InChI is InChI=1S/C6H6INO2S/c1-2-10-5(9)4-3-11-6(7)8-4/h3H,2H2,1H3. The van der Waals surface area contributed by atoms with Crippen molar-refractivity contribution in [3.8, 4) is 0 Å². The van der Waals surface area contributed by atoms with E-state index in [0.717, 1.165) is 3.01 Å². The van der Waals surface area contributed by atoms with Gasteiger partial charge < -0.3 is 4.74 Å². The van der Waals surface area contributed by atoms with E-state index in [4.69, 9.17) is 4.74 Å². The van der Waals surface area contributed by atoms with E-state index >= 15 is 0 Å². The van der Waals surface area contributed by atoms with Gasteiger partial charge in [0.25, 0.3) is 0 Å². The topological polar surface area (TPSA) is 39.2 Å². The molecule has 0 aromatic carbocycles. The average molecular weight is 283 g/mol. The first-order valence-corrected chi connectivity index (χ1v) is 4.98.